The first-order chi connectivity index (χ1) is 12.5. The summed E-state index contributed by atoms with van der Waals surface area (Å²) in [5.41, 5.74) is -0.365. The minimum absolute atomic E-state index is 0.286. The second-order valence-corrected chi connectivity index (χ2v) is 6.10. The molecule has 1 saturated carbocycles. The van der Waals surface area contributed by atoms with E-state index in [1.165, 1.54) is 18.9 Å². The lowest BCUT2D eigenvalue weighted by atomic mass is 10.1. The van der Waals surface area contributed by atoms with Gasteiger partial charge in [-0.25, -0.2) is 0 Å². The van der Waals surface area contributed by atoms with Crippen molar-refractivity contribution in [2.24, 2.45) is 10.9 Å². The predicted octanol–water partition coefficient (Wildman–Crippen LogP) is 3.04. The highest BCUT2D eigenvalue weighted by Crippen LogP contribution is 2.29. The molecular weight excluding hydrogens is 343 g/mol. The zero-order valence-corrected chi connectivity index (χ0v) is 14.8. The summed E-state index contributed by atoms with van der Waals surface area (Å²) >= 11 is 0. The molecule has 142 valence electrons. The van der Waals surface area contributed by atoms with Gasteiger partial charge in [0.1, 0.15) is 0 Å². The molecule has 7 heteroatoms. The number of nitrogens with one attached hydrogen (secondary N) is 2. The van der Waals surface area contributed by atoms with Crippen LogP contribution in [0.1, 0.15) is 30.4 Å². The van der Waals surface area contributed by atoms with Crippen molar-refractivity contribution in [2.45, 2.75) is 25.4 Å². The number of ether oxygens (including phenoxy) is 1. The average molecular weight is 367 g/mol. The number of rotatable bonds is 7. The summed E-state index contributed by atoms with van der Waals surface area (Å²) in [6.45, 7) is 2.59. The van der Waals surface area contributed by atoms with Gasteiger partial charge >= 0.3 is 6.18 Å². The van der Waals surface area contributed by atoms with Crippen LogP contribution < -0.4 is 10.6 Å². The van der Waals surface area contributed by atoms with Crippen molar-refractivity contribution in [3.05, 3.63) is 35.4 Å². The summed E-state index contributed by atoms with van der Waals surface area (Å²) in [6, 6.07) is 4.98. The molecule has 26 heavy (non-hydrogen) atoms. The highest BCUT2D eigenvalue weighted by atomic mass is 19.4. The molecule has 0 spiro atoms. The van der Waals surface area contributed by atoms with Crippen molar-refractivity contribution >= 4 is 5.96 Å². The molecule has 0 saturated heterocycles. The highest BCUT2D eigenvalue weighted by Gasteiger charge is 2.30. The monoisotopic (exact) mass is 367 g/mol. The van der Waals surface area contributed by atoms with Crippen LogP contribution in [0.5, 0.6) is 0 Å². The van der Waals surface area contributed by atoms with Crippen LogP contribution in [-0.2, 0) is 10.9 Å². The van der Waals surface area contributed by atoms with Gasteiger partial charge in [-0.3, -0.25) is 4.99 Å². The predicted molar refractivity (Wildman–Crippen MR) is 95.8 cm³/mol. The van der Waals surface area contributed by atoms with Crippen molar-refractivity contribution in [3.63, 3.8) is 0 Å². The van der Waals surface area contributed by atoms with E-state index in [0.29, 0.717) is 11.5 Å². The van der Waals surface area contributed by atoms with E-state index in [2.05, 4.69) is 27.5 Å². The maximum atomic E-state index is 12.7. The molecule has 0 unspecified atom stereocenters. The number of hydrogen-bond donors (Lipinski definition) is 2. The minimum atomic E-state index is -4.36. The smallest absolute Gasteiger partial charge is 0.381 e. The summed E-state index contributed by atoms with van der Waals surface area (Å²) in [6.07, 6.45) is -0.902. The first-order valence-corrected chi connectivity index (χ1v) is 8.67. The third kappa shape index (κ3) is 7.79. The van der Waals surface area contributed by atoms with Gasteiger partial charge in [0, 0.05) is 32.4 Å². The molecule has 1 fully saturated rings. The van der Waals surface area contributed by atoms with Crippen LogP contribution in [0.25, 0.3) is 0 Å². The number of nitrogens with zero attached hydrogens (tertiary/aromatic N) is 1. The molecule has 1 aliphatic carbocycles. The van der Waals surface area contributed by atoms with Crippen molar-refractivity contribution in [3.8, 4) is 11.8 Å². The van der Waals surface area contributed by atoms with E-state index in [-0.39, 0.29) is 6.54 Å². The number of halogens is 3. The average Bonchev–Trinajstić information content (AvgIpc) is 3.43. The van der Waals surface area contributed by atoms with Crippen LogP contribution in [0.3, 0.4) is 0 Å². The first-order valence-electron chi connectivity index (χ1n) is 8.67. The molecular formula is C19H24F3N3O. The summed E-state index contributed by atoms with van der Waals surface area (Å²) in [5, 5.41) is 6.15. The Hall–Kier alpha value is -2.20. The molecule has 1 aliphatic rings. The van der Waals surface area contributed by atoms with Gasteiger partial charge in [0.25, 0.3) is 0 Å². The SMILES string of the molecule is CN=C(NCC#Cc1cccc(C(F)(F)F)c1)NCCCOCC1CC1. The Balaban J connectivity index is 1.66. The minimum Gasteiger partial charge on any atom is -0.381 e. The van der Waals surface area contributed by atoms with Crippen LogP contribution in [0.4, 0.5) is 13.2 Å². The van der Waals surface area contributed by atoms with Crippen molar-refractivity contribution < 1.29 is 17.9 Å². The topological polar surface area (TPSA) is 45.7 Å². The Morgan fingerprint density at radius 2 is 2.12 bits per heavy atom. The zero-order valence-electron chi connectivity index (χ0n) is 14.8. The molecule has 0 heterocycles. The lowest BCUT2D eigenvalue weighted by Gasteiger charge is -2.10. The van der Waals surface area contributed by atoms with Crippen molar-refractivity contribution in [1.82, 2.24) is 10.6 Å². The molecule has 0 amide bonds. The van der Waals surface area contributed by atoms with Crippen LogP contribution in [0.2, 0.25) is 0 Å². The summed E-state index contributed by atoms with van der Waals surface area (Å²) < 4.78 is 43.5. The van der Waals surface area contributed by atoms with Gasteiger partial charge < -0.3 is 15.4 Å². The van der Waals surface area contributed by atoms with E-state index in [9.17, 15) is 13.2 Å². The summed E-state index contributed by atoms with van der Waals surface area (Å²) in [5.74, 6) is 6.90. The molecule has 2 N–H and O–H groups in total. The highest BCUT2D eigenvalue weighted by molar-refractivity contribution is 5.79. The molecule has 0 radical (unpaired) electrons. The zero-order chi connectivity index (χ0) is 18.8. The largest absolute Gasteiger partial charge is 0.416 e. The van der Waals surface area contributed by atoms with Gasteiger partial charge in [0.15, 0.2) is 5.96 Å². The van der Waals surface area contributed by atoms with Crippen LogP contribution in [-0.4, -0.2) is 39.3 Å². The van der Waals surface area contributed by atoms with Gasteiger partial charge in [-0.1, -0.05) is 17.9 Å². The second kappa shape index (κ2) is 10.1. The molecule has 0 aromatic heterocycles. The van der Waals surface area contributed by atoms with E-state index in [1.807, 2.05) is 0 Å². The Labute approximate surface area is 152 Å². The van der Waals surface area contributed by atoms with Gasteiger partial charge in [0.05, 0.1) is 12.1 Å². The number of hydrogen-bond acceptors (Lipinski definition) is 2. The fourth-order valence-corrected chi connectivity index (χ4v) is 2.18. The quantitative estimate of drug-likeness (QED) is 0.337. The van der Waals surface area contributed by atoms with E-state index < -0.39 is 11.7 Å². The van der Waals surface area contributed by atoms with Gasteiger partial charge in [-0.2, -0.15) is 13.2 Å². The number of aliphatic imine (C=N–C) groups is 1. The third-order valence-electron chi connectivity index (χ3n) is 3.80. The first kappa shape index (κ1) is 20.1. The van der Waals surface area contributed by atoms with Crippen LogP contribution >= 0.6 is 0 Å². The molecule has 0 bridgehead atoms. The van der Waals surface area contributed by atoms with E-state index >= 15 is 0 Å². The fourth-order valence-electron chi connectivity index (χ4n) is 2.18. The Kier molecular flexibility index (Phi) is 7.79. The molecule has 0 aliphatic heterocycles. The van der Waals surface area contributed by atoms with E-state index in [4.69, 9.17) is 4.74 Å². The summed E-state index contributed by atoms with van der Waals surface area (Å²) in [7, 11) is 1.65. The summed E-state index contributed by atoms with van der Waals surface area (Å²) in [4.78, 5) is 4.07. The number of benzene rings is 1. The van der Waals surface area contributed by atoms with Gasteiger partial charge in [-0.15, -0.1) is 0 Å². The van der Waals surface area contributed by atoms with Gasteiger partial charge in [-0.05, 0) is 43.4 Å². The molecule has 2 rings (SSSR count). The molecule has 1 aromatic carbocycles. The second-order valence-electron chi connectivity index (χ2n) is 6.10. The normalized spacial score (nSPS) is 14.5. The van der Waals surface area contributed by atoms with Crippen LogP contribution in [0, 0.1) is 17.8 Å². The molecule has 1 aromatic rings. The maximum absolute atomic E-state index is 12.7. The lowest BCUT2D eigenvalue weighted by molar-refractivity contribution is -0.137. The molecule has 4 nitrogen and oxygen atoms in total. The van der Waals surface area contributed by atoms with Crippen molar-refractivity contribution in [1.29, 1.82) is 0 Å². The number of guanidine groups is 1. The van der Waals surface area contributed by atoms with E-state index in [0.717, 1.165) is 44.2 Å². The van der Waals surface area contributed by atoms with Gasteiger partial charge in [0.2, 0.25) is 0 Å². The maximum Gasteiger partial charge on any atom is 0.416 e. The van der Waals surface area contributed by atoms with Crippen molar-refractivity contribution in [2.75, 3.05) is 33.4 Å². The Morgan fingerprint density at radius 1 is 1.31 bits per heavy atom. The lowest BCUT2D eigenvalue weighted by Crippen LogP contribution is -2.38. The molecule has 0 atom stereocenters. The fraction of sp³-hybridized carbons (Fsp3) is 0.526. The Bertz CT molecular complexity index is 658. The standard InChI is InChI=1S/C19H24F3N3O/c1-23-18(25-11-4-12-26-14-16-8-9-16)24-10-3-6-15-5-2-7-17(13-15)19(20,21)22/h2,5,7,13,16H,4,8-12,14H2,1H3,(H2,23,24,25). The van der Waals surface area contributed by atoms with Crippen LogP contribution in [0.15, 0.2) is 29.3 Å². The number of alkyl halides is 3. The van der Waals surface area contributed by atoms with E-state index in [1.54, 1.807) is 13.1 Å². The Morgan fingerprint density at radius 3 is 2.81 bits per heavy atom. The third-order valence-corrected chi connectivity index (χ3v) is 3.80.